The standard InChI is InChI=1S/C29H39N9OS/c1-6-24-32-25-27(39)35(4)23-18-30-29(33-26(23)36(5)28(25)40-24)31-22-8-7-21(17-19(22)2)37-11-9-20(10-12-37)38-15-13-34(3)14-16-38/h7-8,17-18,20H,6,9-16H2,1-5H3,(H,30,31,33). The second kappa shape index (κ2) is 10.9. The van der Waals surface area contributed by atoms with Crippen LogP contribution in [0, 0.1) is 6.92 Å². The van der Waals surface area contributed by atoms with Gasteiger partial charge in [0.25, 0.3) is 5.91 Å². The van der Waals surface area contributed by atoms with Crippen LogP contribution in [0.15, 0.2) is 24.4 Å². The number of anilines is 6. The van der Waals surface area contributed by atoms with Gasteiger partial charge in [-0.25, -0.2) is 9.97 Å². The lowest BCUT2D eigenvalue weighted by Crippen LogP contribution is -2.52. The first-order chi connectivity index (χ1) is 19.3. The predicted octanol–water partition coefficient (Wildman–Crippen LogP) is 4.12. The molecule has 5 heterocycles. The fraction of sp³-hybridized carbons (Fsp3) is 0.517. The van der Waals surface area contributed by atoms with Crippen molar-refractivity contribution in [3.63, 3.8) is 0 Å². The van der Waals surface area contributed by atoms with Crippen molar-refractivity contribution in [3.05, 3.63) is 40.7 Å². The van der Waals surface area contributed by atoms with Crippen molar-refractivity contribution in [1.29, 1.82) is 0 Å². The maximum Gasteiger partial charge on any atom is 0.279 e. The van der Waals surface area contributed by atoms with Gasteiger partial charge in [-0.15, -0.1) is 11.3 Å². The van der Waals surface area contributed by atoms with Crippen molar-refractivity contribution in [1.82, 2.24) is 24.8 Å². The van der Waals surface area contributed by atoms with E-state index in [1.165, 1.54) is 56.0 Å². The Morgan fingerprint density at radius 2 is 1.75 bits per heavy atom. The number of aromatic nitrogens is 3. The molecule has 2 saturated heterocycles. The quantitative estimate of drug-likeness (QED) is 0.495. The summed E-state index contributed by atoms with van der Waals surface area (Å²) in [5.74, 6) is 1.04. The number of benzene rings is 1. The molecule has 0 spiro atoms. The van der Waals surface area contributed by atoms with Crippen LogP contribution in [0.3, 0.4) is 0 Å². The summed E-state index contributed by atoms with van der Waals surface area (Å²) in [6, 6.07) is 7.29. The van der Waals surface area contributed by atoms with Crippen LogP contribution in [0.4, 0.5) is 33.8 Å². The molecule has 1 N–H and O–H groups in total. The van der Waals surface area contributed by atoms with Gasteiger partial charge >= 0.3 is 0 Å². The summed E-state index contributed by atoms with van der Waals surface area (Å²) in [6.45, 7) is 11.1. The van der Waals surface area contributed by atoms with Crippen LogP contribution >= 0.6 is 11.3 Å². The summed E-state index contributed by atoms with van der Waals surface area (Å²) < 4.78 is 0. The van der Waals surface area contributed by atoms with Gasteiger partial charge < -0.3 is 24.9 Å². The molecule has 0 aliphatic carbocycles. The van der Waals surface area contributed by atoms with Gasteiger partial charge in [0.1, 0.15) is 10.7 Å². The molecule has 0 atom stereocenters. The van der Waals surface area contributed by atoms with Gasteiger partial charge in [-0.2, -0.15) is 4.98 Å². The van der Waals surface area contributed by atoms with Crippen LogP contribution in [0.25, 0.3) is 0 Å². The maximum atomic E-state index is 13.1. The lowest BCUT2D eigenvalue weighted by molar-refractivity contribution is 0.0982. The number of aryl methyl sites for hydroxylation is 2. The van der Waals surface area contributed by atoms with Crippen molar-refractivity contribution in [3.8, 4) is 0 Å². The Labute approximate surface area is 240 Å². The number of nitrogens with zero attached hydrogens (tertiary/aromatic N) is 8. The van der Waals surface area contributed by atoms with Gasteiger partial charge in [0, 0.05) is 70.8 Å². The normalized spacial score (nSPS) is 19.0. The number of nitrogens with one attached hydrogen (secondary N) is 1. The Kier molecular flexibility index (Phi) is 7.37. The third-order valence-electron chi connectivity index (χ3n) is 8.54. The lowest BCUT2D eigenvalue weighted by Gasteiger charge is -2.42. The minimum atomic E-state index is -0.139. The number of carbonyl (C=O) groups is 1. The van der Waals surface area contributed by atoms with Crippen LogP contribution < -0.4 is 20.0 Å². The Morgan fingerprint density at radius 3 is 2.45 bits per heavy atom. The molecule has 1 aromatic carbocycles. The fourth-order valence-corrected chi connectivity index (χ4v) is 6.89. The molecule has 2 fully saturated rings. The van der Waals surface area contributed by atoms with Gasteiger partial charge in [-0.1, -0.05) is 6.92 Å². The smallest absolute Gasteiger partial charge is 0.279 e. The zero-order valence-corrected chi connectivity index (χ0v) is 25.0. The SMILES string of the molecule is CCc1nc2c(s1)N(C)c1nc(Nc3ccc(N4CCC(N5CCN(C)CC5)CC4)cc3C)ncc1N(C)C2=O. The van der Waals surface area contributed by atoms with Gasteiger partial charge in [0.15, 0.2) is 11.5 Å². The van der Waals surface area contributed by atoms with Crippen molar-refractivity contribution in [2.75, 3.05) is 80.4 Å². The van der Waals surface area contributed by atoms with Gasteiger partial charge in [-0.05, 0) is 57.0 Å². The molecule has 212 valence electrons. The summed E-state index contributed by atoms with van der Waals surface area (Å²) in [6.07, 6.45) is 4.94. The van der Waals surface area contributed by atoms with Gasteiger partial charge in [-0.3, -0.25) is 9.69 Å². The molecule has 3 aromatic rings. The van der Waals surface area contributed by atoms with Crippen molar-refractivity contribution in [2.24, 2.45) is 0 Å². The summed E-state index contributed by atoms with van der Waals surface area (Å²) in [5.41, 5.74) is 4.53. The zero-order valence-electron chi connectivity index (χ0n) is 24.1. The molecular weight excluding hydrogens is 522 g/mol. The molecule has 10 nitrogen and oxygen atoms in total. The molecule has 0 bridgehead atoms. The van der Waals surface area contributed by atoms with Crippen LogP contribution in [0.1, 0.15) is 40.8 Å². The highest BCUT2D eigenvalue weighted by atomic mass is 32.1. The summed E-state index contributed by atoms with van der Waals surface area (Å²) in [5, 5.41) is 5.17. The predicted molar refractivity (Wildman–Crippen MR) is 163 cm³/mol. The summed E-state index contributed by atoms with van der Waals surface area (Å²) in [4.78, 5) is 38.3. The van der Waals surface area contributed by atoms with E-state index >= 15 is 0 Å². The number of piperazine rings is 1. The van der Waals surface area contributed by atoms with E-state index in [1.807, 2.05) is 11.9 Å². The third kappa shape index (κ3) is 5.02. The number of thiazole rings is 1. The monoisotopic (exact) mass is 561 g/mol. The lowest BCUT2D eigenvalue weighted by atomic mass is 10.0. The average Bonchev–Trinajstić information content (AvgIpc) is 3.40. The molecule has 3 aliphatic rings. The molecule has 11 heteroatoms. The third-order valence-corrected chi connectivity index (χ3v) is 9.81. The maximum absolute atomic E-state index is 13.1. The molecule has 40 heavy (non-hydrogen) atoms. The van der Waals surface area contributed by atoms with E-state index in [2.05, 4.69) is 69.1 Å². The number of likely N-dealkylation sites (N-methyl/N-ethyl adjacent to an activating group) is 1. The second-order valence-electron chi connectivity index (χ2n) is 11.1. The van der Waals surface area contributed by atoms with Crippen molar-refractivity contribution >= 4 is 51.1 Å². The van der Waals surface area contributed by atoms with E-state index in [-0.39, 0.29) is 5.91 Å². The number of hydrogen-bond donors (Lipinski definition) is 1. The first kappa shape index (κ1) is 26.9. The molecule has 2 aromatic heterocycles. The number of fused-ring (bicyclic) bond motifs is 2. The van der Waals surface area contributed by atoms with Crippen LogP contribution in [0.5, 0.6) is 0 Å². The van der Waals surface area contributed by atoms with E-state index in [0.717, 1.165) is 40.8 Å². The number of carbonyl (C=O) groups excluding carboxylic acids is 1. The van der Waals surface area contributed by atoms with Crippen LogP contribution in [-0.4, -0.2) is 97.1 Å². The minimum Gasteiger partial charge on any atom is -0.371 e. The Morgan fingerprint density at radius 1 is 1.00 bits per heavy atom. The number of piperidine rings is 1. The van der Waals surface area contributed by atoms with Crippen LogP contribution in [0.2, 0.25) is 0 Å². The van der Waals surface area contributed by atoms with Crippen LogP contribution in [-0.2, 0) is 6.42 Å². The molecule has 0 unspecified atom stereocenters. The van der Waals surface area contributed by atoms with E-state index in [9.17, 15) is 4.79 Å². The van der Waals surface area contributed by atoms with Gasteiger partial charge in [0.2, 0.25) is 5.95 Å². The van der Waals surface area contributed by atoms with Gasteiger partial charge in [0.05, 0.1) is 11.2 Å². The molecule has 3 aliphatic heterocycles. The van der Waals surface area contributed by atoms with Crippen molar-refractivity contribution < 1.29 is 4.79 Å². The largest absolute Gasteiger partial charge is 0.371 e. The van der Waals surface area contributed by atoms with E-state index in [4.69, 9.17) is 4.98 Å². The summed E-state index contributed by atoms with van der Waals surface area (Å²) in [7, 11) is 5.91. The highest BCUT2D eigenvalue weighted by molar-refractivity contribution is 7.16. The second-order valence-corrected chi connectivity index (χ2v) is 12.2. The molecule has 0 radical (unpaired) electrons. The number of amides is 1. The van der Waals surface area contributed by atoms with E-state index in [0.29, 0.717) is 29.2 Å². The molecule has 6 rings (SSSR count). The number of hydrogen-bond acceptors (Lipinski definition) is 10. The molecule has 1 amide bonds. The van der Waals surface area contributed by atoms with E-state index < -0.39 is 0 Å². The molecular formula is C29H39N9OS. The Balaban J connectivity index is 1.16. The highest BCUT2D eigenvalue weighted by Crippen LogP contribution is 2.41. The fourth-order valence-electron chi connectivity index (χ4n) is 5.93. The topological polar surface area (TPSA) is 84.0 Å². The number of rotatable bonds is 5. The summed E-state index contributed by atoms with van der Waals surface area (Å²) >= 11 is 1.54. The Bertz CT molecular complexity index is 1390. The first-order valence-corrected chi connectivity index (χ1v) is 15.1. The minimum absolute atomic E-state index is 0.139. The highest BCUT2D eigenvalue weighted by Gasteiger charge is 2.32. The Hall–Kier alpha value is -3.28. The van der Waals surface area contributed by atoms with Crippen molar-refractivity contribution in [2.45, 2.75) is 39.2 Å². The zero-order chi connectivity index (χ0) is 28.0. The molecule has 0 saturated carbocycles. The van der Waals surface area contributed by atoms with E-state index in [1.54, 1.807) is 18.1 Å². The first-order valence-electron chi connectivity index (χ1n) is 14.3. The average molecular weight is 562 g/mol.